The van der Waals surface area contributed by atoms with Gasteiger partial charge in [-0.3, -0.25) is 4.79 Å². The van der Waals surface area contributed by atoms with Gasteiger partial charge in [-0.25, -0.2) is 4.72 Å². The third kappa shape index (κ3) is 3.05. The Morgan fingerprint density at radius 1 is 1.32 bits per heavy atom. The molecular weight excluding hydrogens is 322 g/mol. The van der Waals surface area contributed by atoms with Crippen LogP contribution in [-0.2, 0) is 28.0 Å². The lowest BCUT2D eigenvalue weighted by Gasteiger charge is -2.34. The summed E-state index contributed by atoms with van der Waals surface area (Å²) in [5.74, 6) is 0.127. The van der Waals surface area contributed by atoms with Gasteiger partial charge in [0.2, 0.25) is 5.91 Å². The molecular formula is C14H21N3O3S2. The average molecular weight is 343 g/mol. The van der Waals surface area contributed by atoms with Crippen molar-refractivity contribution in [1.29, 1.82) is 0 Å². The van der Waals surface area contributed by atoms with E-state index in [1.165, 1.54) is 21.8 Å². The molecule has 0 saturated carbocycles. The van der Waals surface area contributed by atoms with Crippen molar-refractivity contribution < 1.29 is 13.2 Å². The summed E-state index contributed by atoms with van der Waals surface area (Å²) in [6.07, 6.45) is 2.14. The summed E-state index contributed by atoms with van der Waals surface area (Å²) in [5.41, 5.74) is 1.26. The number of rotatable bonds is 3. The fraction of sp³-hybridized carbons (Fsp3) is 0.643. The molecule has 1 aromatic rings. The zero-order chi connectivity index (χ0) is 15.7. The molecule has 3 rings (SSSR count). The number of nitrogens with one attached hydrogen (secondary N) is 1. The van der Waals surface area contributed by atoms with Gasteiger partial charge >= 0.3 is 0 Å². The molecule has 1 amide bonds. The van der Waals surface area contributed by atoms with Crippen LogP contribution in [0.4, 0.5) is 0 Å². The lowest BCUT2D eigenvalue weighted by molar-refractivity contribution is -0.137. The summed E-state index contributed by atoms with van der Waals surface area (Å²) in [4.78, 5) is 16.0. The summed E-state index contributed by atoms with van der Waals surface area (Å²) < 4.78 is 27.3. The molecule has 1 N–H and O–H groups in total. The minimum atomic E-state index is -3.37. The van der Waals surface area contributed by atoms with E-state index in [-0.39, 0.29) is 11.8 Å². The predicted molar refractivity (Wildman–Crippen MR) is 85.7 cm³/mol. The van der Waals surface area contributed by atoms with E-state index in [1.807, 2.05) is 4.90 Å². The third-order valence-corrected chi connectivity index (χ3v) is 7.10. The van der Waals surface area contributed by atoms with E-state index in [4.69, 9.17) is 0 Å². The number of piperidine rings is 1. The van der Waals surface area contributed by atoms with Gasteiger partial charge in [-0.2, -0.15) is 12.7 Å². The van der Waals surface area contributed by atoms with E-state index in [0.29, 0.717) is 32.5 Å². The zero-order valence-electron chi connectivity index (χ0n) is 12.6. The van der Waals surface area contributed by atoms with Crippen LogP contribution >= 0.6 is 11.3 Å². The number of amides is 1. The predicted octanol–water partition coefficient (Wildman–Crippen LogP) is 0.809. The van der Waals surface area contributed by atoms with Crippen LogP contribution in [0.2, 0.25) is 0 Å². The van der Waals surface area contributed by atoms with Crippen LogP contribution in [0.5, 0.6) is 0 Å². The maximum atomic E-state index is 12.7. The molecule has 0 atom stereocenters. The Morgan fingerprint density at radius 2 is 2.05 bits per heavy atom. The number of thiophene rings is 1. The molecule has 0 bridgehead atoms. The van der Waals surface area contributed by atoms with E-state index >= 15 is 0 Å². The van der Waals surface area contributed by atoms with Gasteiger partial charge in [0, 0.05) is 44.0 Å². The maximum absolute atomic E-state index is 12.7. The number of hydrogen-bond donors (Lipinski definition) is 1. The molecule has 22 heavy (non-hydrogen) atoms. The fourth-order valence-corrected chi connectivity index (χ4v) is 5.01. The molecule has 0 aliphatic carbocycles. The maximum Gasteiger partial charge on any atom is 0.279 e. The molecule has 0 spiro atoms. The van der Waals surface area contributed by atoms with Crippen LogP contribution in [0.1, 0.15) is 23.3 Å². The van der Waals surface area contributed by atoms with Gasteiger partial charge < -0.3 is 4.90 Å². The number of carbonyl (C=O) groups is 1. The largest absolute Gasteiger partial charge is 0.338 e. The highest BCUT2D eigenvalue weighted by atomic mass is 32.2. The quantitative estimate of drug-likeness (QED) is 0.883. The molecule has 1 aromatic heterocycles. The second kappa shape index (κ2) is 6.27. The van der Waals surface area contributed by atoms with Crippen molar-refractivity contribution in [2.45, 2.75) is 25.8 Å². The Morgan fingerprint density at radius 3 is 2.73 bits per heavy atom. The van der Waals surface area contributed by atoms with Gasteiger partial charge in [0.1, 0.15) is 0 Å². The molecule has 8 heteroatoms. The minimum Gasteiger partial charge on any atom is -0.338 e. The minimum absolute atomic E-state index is 0.0523. The van der Waals surface area contributed by atoms with Crippen molar-refractivity contribution in [2.75, 3.05) is 26.7 Å². The molecule has 0 unspecified atom stereocenters. The zero-order valence-corrected chi connectivity index (χ0v) is 14.3. The molecule has 3 heterocycles. The summed E-state index contributed by atoms with van der Waals surface area (Å²) in [7, 11) is -1.95. The number of nitrogens with zero attached hydrogens (tertiary/aromatic N) is 2. The topological polar surface area (TPSA) is 69.7 Å². The molecule has 1 fully saturated rings. The number of hydrogen-bond acceptors (Lipinski definition) is 4. The van der Waals surface area contributed by atoms with Crippen molar-refractivity contribution in [3.8, 4) is 0 Å². The Bertz CT molecular complexity index is 648. The van der Waals surface area contributed by atoms with Crippen LogP contribution in [0.25, 0.3) is 0 Å². The van der Waals surface area contributed by atoms with Crippen LogP contribution < -0.4 is 4.72 Å². The summed E-state index contributed by atoms with van der Waals surface area (Å²) in [5, 5.41) is 2.08. The van der Waals surface area contributed by atoms with E-state index in [2.05, 4.69) is 16.2 Å². The molecule has 0 radical (unpaired) electrons. The monoisotopic (exact) mass is 343 g/mol. The first-order valence-electron chi connectivity index (χ1n) is 7.54. The smallest absolute Gasteiger partial charge is 0.279 e. The van der Waals surface area contributed by atoms with Crippen molar-refractivity contribution >= 4 is 27.5 Å². The molecule has 6 nitrogen and oxygen atoms in total. The van der Waals surface area contributed by atoms with Gasteiger partial charge in [-0.05, 0) is 36.3 Å². The SMILES string of the molecule is CNS(=O)(=O)N1CCC(C(=O)N2CCc3sccc3C2)CC1. The van der Waals surface area contributed by atoms with Crippen LogP contribution in [0.3, 0.4) is 0 Å². The van der Waals surface area contributed by atoms with Gasteiger partial charge in [-0.1, -0.05) is 0 Å². The Balaban J connectivity index is 1.59. The van der Waals surface area contributed by atoms with E-state index in [9.17, 15) is 13.2 Å². The Hall–Kier alpha value is -0.960. The lowest BCUT2D eigenvalue weighted by Crippen LogP contribution is -2.47. The summed E-state index contributed by atoms with van der Waals surface area (Å²) >= 11 is 1.76. The average Bonchev–Trinajstić information content (AvgIpc) is 3.02. The van der Waals surface area contributed by atoms with E-state index < -0.39 is 10.2 Å². The first-order chi connectivity index (χ1) is 10.5. The second-order valence-electron chi connectivity index (χ2n) is 5.76. The second-order valence-corrected chi connectivity index (χ2v) is 8.64. The Kier molecular flexibility index (Phi) is 4.54. The highest BCUT2D eigenvalue weighted by molar-refractivity contribution is 7.87. The Labute approximate surface area is 135 Å². The molecule has 2 aliphatic rings. The van der Waals surface area contributed by atoms with Crippen molar-refractivity contribution in [3.63, 3.8) is 0 Å². The fourth-order valence-electron chi connectivity index (χ4n) is 3.17. The van der Waals surface area contributed by atoms with Gasteiger partial charge in [0.05, 0.1) is 0 Å². The van der Waals surface area contributed by atoms with E-state index in [1.54, 1.807) is 11.3 Å². The molecule has 122 valence electrons. The van der Waals surface area contributed by atoms with Crippen molar-refractivity contribution in [3.05, 3.63) is 21.9 Å². The lowest BCUT2D eigenvalue weighted by atomic mass is 9.95. The third-order valence-electron chi connectivity index (χ3n) is 4.52. The summed E-state index contributed by atoms with van der Waals surface area (Å²) in [6, 6.07) is 2.10. The highest BCUT2D eigenvalue weighted by Crippen LogP contribution is 2.27. The first-order valence-corrected chi connectivity index (χ1v) is 9.86. The molecule has 2 aliphatic heterocycles. The van der Waals surface area contributed by atoms with Gasteiger partial charge in [-0.15, -0.1) is 11.3 Å². The molecule has 0 aromatic carbocycles. The molecule has 1 saturated heterocycles. The van der Waals surface area contributed by atoms with Gasteiger partial charge in [0.15, 0.2) is 0 Å². The van der Waals surface area contributed by atoms with Crippen LogP contribution in [0.15, 0.2) is 11.4 Å². The van der Waals surface area contributed by atoms with Gasteiger partial charge in [0.25, 0.3) is 10.2 Å². The first kappa shape index (κ1) is 15.9. The van der Waals surface area contributed by atoms with Crippen molar-refractivity contribution in [2.24, 2.45) is 5.92 Å². The summed E-state index contributed by atoms with van der Waals surface area (Å²) in [6.45, 7) is 2.31. The van der Waals surface area contributed by atoms with E-state index in [0.717, 1.165) is 13.0 Å². The van der Waals surface area contributed by atoms with Crippen LogP contribution in [0, 0.1) is 5.92 Å². The standard InChI is InChI=1S/C14H21N3O3S2/c1-15-22(19,20)17-7-2-11(3-8-17)14(18)16-6-4-13-12(10-16)5-9-21-13/h5,9,11,15H,2-4,6-8,10H2,1H3. The highest BCUT2D eigenvalue weighted by Gasteiger charge is 2.33. The normalized spacial score (nSPS) is 20.9. The van der Waals surface area contributed by atoms with Crippen molar-refractivity contribution in [1.82, 2.24) is 13.9 Å². The van der Waals surface area contributed by atoms with Crippen LogP contribution in [-0.4, -0.2) is 50.2 Å². The number of carbonyl (C=O) groups excluding carboxylic acids is 1. The number of fused-ring (bicyclic) bond motifs is 1.